The summed E-state index contributed by atoms with van der Waals surface area (Å²) >= 11 is 0. The summed E-state index contributed by atoms with van der Waals surface area (Å²) in [6.07, 6.45) is 0.0634. The third-order valence-electron chi connectivity index (χ3n) is 3.22. The van der Waals surface area contributed by atoms with E-state index in [2.05, 4.69) is 0 Å². The first-order valence-electron chi connectivity index (χ1n) is 6.21. The summed E-state index contributed by atoms with van der Waals surface area (Å²) in [6, 6.07) is 11.8. The topological polar surface area (TPSA) is 43.1 Å². The molecule has 0 fully saturated rings. The van der Waals surface area contributed by atoms with Crippen LogP contribution in [0, 0.1) is 6.92 Å². The summed E-state index contributed by atoms with van der Waals surface area (Å²) in [5, 5.41) is 0. The van der Waals surface area contributed by atoms with Crippen molar-refractivity contribution in [2.45, 2.75) is 18.9 Å². The second kappa shape index (κ2) is 5.51. The monoisotopic (exact) mass is 275 g/mol. The number of halogens is 2. The molecular formula is C16H15F2NO. The minimum atomic E-state index is -3.35. The lowest BCUT2D eigenvalue weighted by atomic mass is 9.98. The van der Waals surface area contributed by atoms with Crippen molar-refractivity contribution in [2.75, 3.05) is 0 Å². The molecule has 0 saturated carbocycles. The van der Waals surface area contributed by atoms with E-state index in [4.69, 9.17) is 5.73 Å². The van der Waals surface area contributed by atoms with Gasteiger partial charge >= 0.3 is 0 Å². The van der Waals surface area contributed by atoms with Crippen LogP contribution in [0.4, 0.5) is 8.78 Å². The fraction of sp³-hybridized carbons (Fsp3) is 0.188. The number of rotatable bonds is 4. The van der Waals surface area contributed by atoms with Crippen LogP contribution in [-0.2, 0) is 10.7 Å². The number of benzene rings is 2. The van der Waals surface area contributed by atoms with Crippen LogP contribution in [0.25, 0.3) is 11.1 Å². The van der Waals surface area contributed by atoms with E-state index in [-0.39, 0.29) is 11.8 Å². The van der Waals surface area contributed by atoms with Crippen molar-refractivity contribution in [1.82, 2.24) is 0 Å². The van der Waals surface area contributed by atoms with E-state index in [1.54, 1.807) is 12.1 Å². The molecule has 0 radical (unpaired) electrons. The predicted octanol–water partition coefficient (Wildman–Crippen LogP) is 3.28. The Morgan fingerprint density at radius 2 is 1.45 bits per heavy atom. The van der Waals surface area contributed by atoms with E-state index in [0.29, 0.717) is 0 Å². The molecule has 0 aliphatic carbocycles. The maximum atomic E-state index is 13.8. The smallest absolute Gasteiger partial charge is 0.294 e. The van der Waals surface area contributed by atoms with Gasteiger partial charge in [-0.1, -0.05) is 54.1 Å². The van der Waals surface area contributed by atoms with E-state index >= 15 is 0 Å². The van der Waals surface area contributed by atoms with Gasteiger partial charge in [-0.15, -0.1) is 0 Å². The second-order valence-electron chi connectivity index (χ2n) is 4.73. The lowest BCUT2D eigenvalue weighted by molar-refractivity contribution is -0.118. The van der Waals surface area contributed by atoms with Crippen molar-refractivity contribution < 1.29 is 13.6 Å². The second-order valence-corrected chi connectivity index (χ2v) is 4.73. The first kappa shape index (κ1) is 14.3. The minimum Gasteiger partial charge on any atom is -0.316 e. The standard InChI is InChI=1S/C16H15F2NO/c1-11-2-4-12(5-3-11)13-6-8-14(9-7-13)16(17,18)15(19)10-20/h2-10,15H,19H2,1H3. The molecule has 1 unspecified atom stereocenters. The van der Waals surface area contributed by atoms with Gasteiger partial charge in [0.05, 0.1) is 0 Å². The van der Waals surface area contributed by atoms with Gasteiger partial charge in [0.15, 0.2) is 0 Å². The molecule has 2 aromatic rings. The summed E-state index contributed by atoms with van der Waals surface area (Å²) < 4.78 is 27.6. The number of carbonyl (C=O) groups is 1. The zero-order valence-corrected chi connectivity index (χ0v) is 11.0. The molecule has 20 heavy (non-hydrogen) atoms. The zero-order chi connectivity index (χ0) is 14.8. The van der Waals surface area contributed by atoms with E-state index < -0.39 is 12.0 Å². The maximum Gasteiger partial charge on any atom is 0.294 e. The molecule has 0 aromatic heterocycles. The van der Waals surface area contributed by atoms with Gasteiger partial charge in [-0.25, -0.2) is 0 Å². The Morgan fingerprint density at radius 1 is 1.00 bits per heavy atom. The Hall–Kier alpha value is -2.07. The lowest BCUT2D eigenvalue weighted by Gasteiger charge is -2.19. The fourth-order valence-corrected chi connectivity index (χ4v) is 1.91. The summed E-state index contributed by atoms with van der Waals surface area (Å²) in [5.41, 5.74) is 7.79. The summed E-state index contributed by atoms with van der Waals surface area (Å²) in [5.74, 6) is -3.35. The van der Waals surface area contributed by atoms with Gasteiger partial charge < -0.3 is 10.5 Å². The summed E-state index contributed by atoms with van der Waals surface area (Å²) in [4.78, 5) is 10.4. The van der Waals surface area contributed by atoms with Crippen LogP contribution < -0.4 is 5.73 Å². The highest BCUT2D eigenvalue weighted by atomic mass is 19.3. The summed E-state index contributed by atoms with van der Waals surface area (Å²) in [6.45, 7) is 1.98. The van der Waals surface area contributed by atoms with Crippen LogP contribution in [0.15, 0.2) is 48.5 Å². The largest absolute Gasteiger partial charge is 0.316 e. The third-order valence-corrected chi connectivity index (χ3v) is 3.22. The highest BCUT2D eigenvalue weighted by Gasteiger charge is 2.38. The zero-order valence-electron chi connectivity index (χ0n) is 11.0. The van der Waals surface area contributed by atoms with Gasteiger partial charge in [-0.05, 0) is 18.1 Å². The third kappa shape index (κ3) is 2.75. The number of aryl methyl sites for hydroxylation is 1. The van der Waals surface area contributed by atoms with E-state index in [1.165, 1.54) is 12.1 Å². The van der Waals surface area contributed by atoms with Gasteiger partial charge in [0.2, 0.25) is 0 Å². The van der Waals surface area contributed by atoms with Crippen LogP contribution in [0.3, 0.4) is 0 Å². The quantitative estimate of drug-likeness (QED) is 0.870. The number of hydrogen-bond acceptors (Lipinski definition) is 2. The molecule has 0 spiro atoms. The molecule has 1 atom stereocenters. The van der Waals surface area contributed by atoms with Crippen LogP contribution >= 0.6 is 0 Å². The highest BCUT2D eigenvalue weighted by Crippen LogP contribution is 2.31. The van der Waals surface area contributed by atoms with Gasteiger partial charge in [0.1, 0.15) is 12.3 Å². The molecule has 2 aromatic carbocycles. The van der Waals surface area contributed by atoms with Crippen molar-refractivity contribution in [3.8, 4) is 11.1 Å². The Bertz CT molecular complexity index is 591. The van der Waals surface area contributed by atoms with Crippen LogP contribution in [0.5, 0.6) is 0 Å². The minimum absolute atomic E-state index is 0.0634. The molecule has 0 heterocycles. The van der Waals surface area contributed by atoms with Gasteiger partial charge in [-0.3, -0.25) is 0 Å². The number of nitrogens with two attached hydrogens (primary N) is 1. The van der Waals surface area contributed by atoms with Gasteiger partial charge in [0.25, 0.3) is 5.92 Å². The van der Waals surface area contributed by atoms with Crippen molar-refractivity contribution in [3.05, 3.63) is 59.7 Å². The molecule has 2 N–H and O–H groups in total. The first-order chi connectivity index (χ1) is 9.45. The lowest BCUT2D eigenvalue weighted by Crippen LogP contribution is -2.39. The maximum absolute atomic E-state index is 13.8. The summed E-state index contributed by atoms with van der Waals surface area (Å²) in [7, 11) is 0. The predicted molar refractivity (Wildman–Crippen MR) is 74.5 cm³/mol. The van der Waals surface area contributed by atoms with Crippen LogP contribution in [0.2, 0.25) is 0 Å². The Labute approximate surface area is 116 Å². The molecular weight excluding hydrogens is 260 g/mol. The molecule has 0 aliphatic heterocycles. The first-order valence-corrected chi connectivity index (χ1v) is 6.21. The average Bonchev–Trinajstić information content (AvgIpc) is 2.47. The van der Waals surface area contributed by atoms with Crippen molar-refractivity contribution >= 4 is 6.29 Å². The van der Waals surface area contributed by atoms with Crippen molar-refractivity contribution in [2.24, 2.45) is 5.73 Å². The average molecular weight is 275 g/mol. The van der Waals surface area contributed by atoms with Crippen molar-refractivity contribution in [3.63, 3.8) is 0 Å². The van der Waals surface area contributed by atoms with E-state index in [1.807, 2.05) is 31.2 Å². The number of aldehydes is 1. The molecule has 104 valence electrons. The number of carbonyl (C=O) groups excluding carboxylic acids is 1. The Balaban J connectivity index is 2.30. The SMILES string of the molecule is Cc1ccc(-c2ccc(C(F)(F)C(N)C=O)cc2)cc1. The Morgan fingerprint density at radius 3 is 1.90 bits per heavy atom. The van der Waals surface area contributed by atoms with Crippen LogP contribution in [0.1, 0.15) is 11.1 Å². The molecule has 0 amide bonds. The van der Waals surface area contributed by atoms with E-state index in [0.717, 1.165) is 16.7 Å². The molecule has 2 nitrogen and oxygen atoms in total. The number of alkyl halides is 2. The molecule has 0 aliphatic rings. The van der Waals surface area contributed by atoms with Crippen molar-refractivity contribution in [1.29, 1.82) is 0 Å². The van der Waals surface area contributed by atoms with Gasteiger partial charge in [-0.2, -0.15) is 8.78 Å². The Kier molecular flexibility index (Phi) is 3.95. The van der Waals surface area contributed by atoms with Gasteiger partial charge in [0, 0.05) is 5.56 Å². The molecule has 0 saturated heterocycles. The number of hydrogen-bond donors (Lipinski definition) is 1. The highest BCUT2D eigenvalue weighted by molar-refractivity contribution is 5.65. The molecule has 0 bridgehead atoms. The van der Waals surface area contributed by atoms with Crippen LogP contribution in [-0.4, -0.2) is 12.3 Å². The molecule has 2 rings (SSSR count). The molecule has 4 heteroatoms. The fourth-order valence-electron chi connectivity index (χ4n) is 1.91. The van der Waals surface area contributed by atoms with E-state index in [9.17, 15) is 13.6 Å². The normalized spacial score (nSPS) is 13.0.